The summed E-state index contributed by atoms with van der Waals surface area (Å²) in [5.41, 5.74) is 4.30. The number of aryl methyl sites for hydroxylation is 1. The Kier molecular flexibility index (Phi) is 3.56. The zero-order chi connectivity index (χ0) is 12.4. The van der Waals surface area contributed by atoms with Crippen LogP contribution in [-0.4, -0.2) is 9.78 Å². The second kappa shape index (κ2) is 4.95. The largest absolute Gasteiger partial charge is 0.275 e. The Labute approximate surface area is 107 Å². The van der Waals surface area contributed by atoms with Gasteiger partial charge in [-0.2, -0.15) is 5.10 Å². The van der Waals surface area contributed by atoms with Gasteiger partial charge < -0.3 is 0 Å². The quantitative estimate of drug-likeness (QED) is 0.672. The fourth-order valence-electron chi connectivity index (χ4n) is 1.66. The minimum atomic E-state index is -0.294. The number of rotatable bonds is 3. The van der Waals surface area contributed by atoms with Crippen LogP contribution in [-0.2, 0) is 7.05 Å². The molecule has 90 valence electrons. The molecular formula is C11H12BrFN4. The zero-order valence-electron chi connectivity index (χ0n) is 9.19. The van der Waals surface area contributed by atoms with E-state index in [4.69, 9.17) is 5.84 Å². The molecule has 0 aliphatic carbocycles. The lowest BCUT2D eigenvalue weighted by Crippen LogP contribution is -2.29. The molecule has 0 amide bonds. The van der Waals surface area contributed by atoms with Crippen LogP contribution in [0.1, 0.15) is 17.3 Å². The molecule has 2 aromatic rings. The maximum Gasteiger partial charge on any atom is 0.124 e. The molecule has 3 N–H and O–H groups in total. The van der Waals surface area contributed by atoms with Crippen molar-refractivity contribution in [2.75, 3.05) is 0 Å². The van der Waals surface area contributed by atoms with Crippen LogP contribution in [0.4, 0.5) is 4.39 Å². The van der Waals surface area contributed by atoms with Crippen molar-refractivity contribution in [3.8, 4) is 0 Å². The summed E-state index contributed by atoms with van der Waals surface area (Å²) in [4.78, 5) is 0. The molecular weight excluding hydrogens is 287 g/mol. The van der Waals surface area contributed by atoms with Gasteiger partial charge in [-0.05, 0) is 23.8 Å². The van der Waals surface area contributed by atoms with Crippen LogP contribution in [0, 0.1) is 5.82 Å². The summed E-state index contributed by atoms with van der Waals surface area (Å²) in [6, 6.07) is 6.07. The Bertz CT molecular complexity index is 526. The van der Waals surface area contributed by atoms with Crippen molar-refractivity contribution < 1.29 is 4.39 Å². The molecule has 6 heteroatoms. The molecule has 1 heterocycles. The van der Waals surface area contributed by atoms with Gasteiger partial charge in [-0.1, -0.05) is 22.0 Å². The summed E-state index contributed by atoms with van der Waals surface area (Å²) in [7, 11) is 1.83. The molecule has 0 saturated heterocycles. The van der Waals surface area contributed by atoms with Crippen molar-refractivity contribution in [1.29, 1.82) is 0 Å². The number of hydrazine groups is 1. The van der Waals surface area contributed by atoms with E-state index in [0.29, 0.717) is 4.47 Å². The summed E-state index contributed by atoms with van der Waals surface area (Å²) in [6.07, 6.45) is 1.83. The lowest BCUT2D eigenvalue weighted by atomic mass is 10.0. The van der Waals surface area contributed by atoms with Crippen molar-refractivity contribution >= 4 is 15.9 Å². The van der Waals surface area contributed by atoms with Gasteiger partial charge in [-0.3, -0.25) is 10.5 Å². The maximum atomic E-state index is 13.0. The molecule has 0 aliphatic rings. The molecule has 0 spiro atoms. The lowest BCUT2D eigenvalue weighted by molar-refractivity contribution is 0.594. The molecule has 1 atom stereocenters. The Hall–Kier alpha value is -1.24. The molecule has 0 aliphatic heterocycles. The van der Waals surface area contributed by atoms with E-state index in [1.165, 1.54) is 12.1 Å². The predicted molar refractivity (Wildman–Crippen MR) is 66.5 cm³/mol. The van der Waals surface area contributed by atoms with Crippen LogP contribution >= 0.6 is 15.9 Å². The van der Waals surface area contributed by atoms with E-state index in [1.807, 2.05) is 19.3 Å². The van der Waals surface area contributed by atoms with E-state index < -0.39 is 0 Å². The van der Waals surface area contributed by atoms with Gasteiger partial charge in [-0.15, -0.1) is 0 Å². The maximum absolute atomic E-state index is 13.0. The van der Waals surface area contributed by atoms with E-state index in [-0.39, 0.29) is 11.9 Å². The smallest absolute Gasteiger partial charge is 0.124 e. The average Bonchev–Trinajstić information content (AvgIpc) is 2.69. The van der Waals surface area contributed by atoms with Crippen LogP contribution in [0.15, 0.2) is 34.9 Å². The highest BCUT2D eigenvalue weighted by Gasteiger charge is 2.17. The summed E-state index contributed by atoms with van der Waals surface area (Å²) >= 11 is 3.32. The molecule has 1 aromatic carbocycles. The van der Waals surface area contributed by atoms with Crippen LogP contribution < -0.4 is 11.3 Å². The SMILES string of the molecule is Cn1ccc(C(NN)c2ccc(F)cc2Br)n1. The fourth-order valence-corrected chi connectivity index (χ4v) is 2.24. The Morgan fingerprint density at radius 3 is 2.76 bits per heavy atom. The first-order valence-corrected chi connectivity index (χ1v) is 5.81. The van der Waals surface area contributed by atoms with E-state index >= 15 is 0 Å². The highest BCUT2D eigenvalue weighted by Crippen LogP contribution is 2.27. The Morgan fingerprint density at radius 1 is 1.47 bits per heavy atom. The normalized spacial score (nSPS) is 12.7. The third kappa shape index (κ3) is 2.54. The summed E-state index contributed by atoms with van der Waals surface area (Å²) in [5.74, 6) is 5.25. The number of hydrogen-bond acceptors (Lipinski definition) is 3. The number of benzene rings is 1. The van der Waals surface area contributed by atoms with Gasteiger partial charge in [0.2, 0.25) is 0 Å². The topological polar surface area (TPSA) is 55.9 Å². The van der Waals surface area contributed by atoms with Gasteiger partial charge in [0.05, 0.1) is 11.7 Å². The molecule has 17 heavy (non-hydrogen) atoms. The second-order valence-corrected chi connectivity index (χ2v) is 4.53. The molecule has 0 saturated carbocycles. The zero-order valence-corrected chi connectivity index (χ0v) is 10.8. The molecule has 0 radical (unpaired) electrons. The number of halogens is 2. The molecule has 1 unspecified atom stereocenters. The van der Waals surface area contributed by atoms with Gasteiger partial charge in [0, 0.05) is 17.7 Å². The number of nitrogens with two attached hydrogens (primary N) is 1. The standard InChI is InChI=1S/C11H12BrFN4/c1-17-5-4-10(16-17)11(15-14)8-3-2-7(13)6-9(8)12/h2-6,11,15H,14H2,1H3. The molecule has 2 rings (SSSR count). The summed E-state index contributed by atoms with van der Waals surface area (Å²) in [6.45, 7) is 0. The molecule has 0 fully saturated rings. The van der Waals surface area contributed by atoms with Crippen molar-refractivity contribution in [1.82, 2.24) is 15.2 Å². The van der Waals surface area contributed by atoms with Crippen LogP contribution in [0.25, 0.3) is 0 Å². The first-order valence-electron chi connectivity index (χ1n) is 5.02. The fraction of sp³-hybridized carbons (Fsp3) is 0.182. The van der Waals surface area contributed by atoms with Gasteiger partial charge >= 0.3 is 0 Å². The lowest BCUT2D eigenvalue weighted by Gasteiger charge is -2.15. The van der Waals surface area contributed by atoms with E-state index in [9.17, 15) is 4.39 Å². The first kappa shape index (κ1) is 12.2. The van der Waals surface area contributed by atoms with Crippen LogP contribution in [0.3, 0.4) is 0 Å². The molecule has 1 aromatic heterocycles. The number of hydrogen-bond donors (Lipinski definition) is 2. The number of nitrogens with one attached hydrogen (secondary N) is 1. The molecule has 0 bridgehead atoms. The van der Waals surface area contributed by atoms with Crippen molar-refractivity contribution in [2.24, 2.45) is 12.9 Å². The van der Waals surface area contributed by atoms with E-state index in [1.54, 1.807) is 10.7 Å². The second-order valence-electron chi connectivity index (χ2n) is 3.68. The van der Waals surface area contributed by atoms with Crippen molar-refractivity contribution in [2.45, 2.75) is 6.04 Å². The van der Waals surface area contributed by atoms with Gasteiger partial charge in [0.25, 0.3) is 0 Å². The van der Waals surface area contributed by atoms with Crippen molar-refractivity contribution in [3.05, 3.63) is 52.0 Å². The minimum absolute atomic E-state index is 0.272. The van der Waals surface area contributed by atoms with E-state index in [2.05, 4.69) is 26.5 Å². The Balaban J connectivity index is 2.42. The van der Waals surface area contributed by atoms with Crippen LogP contribution in [0.5, 0.6) is 0 Å². The third-order valence-corrected chi connectivity index (χ3v) is 3.16. The van der Waals surface area contributed by atoms with Crippen LogP contribution in [0.2, 0.25) is 0 Å². The highest BCUT2D eigenvalue weighted by molar-refractivity contribution is 9.10. The summed E-state index contributed by atoms with van der Waals surface area (Å²) < 4.78 is 15.4. The number of nitrogens with zero attached hydrogens (tertiary/aromatic N) is 2. The monoisotopic (exact) mass is 298 g/mol. The Morgan fingerprint density at radius 2 is 2.24 bits per heavy atom. The highest BCUT2D eigenvalue weighted by atomic mass is 79.9. The third-order valence-electron chi connectivity index (χ3n) is 2.47. The molecule has 4 nitrogen and oxygen atoms in total. The predicted octanol–water partition coefficient (Wildman–Crippen LogP) is 1.87. The summed E-state index contributed by atoms with van der Waals surface area (Å²) in [5, 5.41) is 4.28. The number of aromatic nitrogens is 2. The first-order chi connectivity index (χ1) is 8.11. The van der Waals surface area contributed by atoms with Gasteiger partial charge in [-0.25, -0.2) is 9.82 Å². The minimum Gasteiger partial charge on any atom is -0.275 e. The average molecular weight is 299 g/mol. The van der Waals surface area contributed by atoms with Crippen molar-refractivity contribution in [3.63, 3.8) is 0 Å². The van der Waals surface area contributed by atoms with E-state index in [0.717, 1.165) is 11.3 Å². The van der Waals surface area contributed by atoms with Gasteiger partial charge in [0.15, 0.2) is 0 Å². The van der Waals surface area contributed by atoms with Gasteiger partial charge in [0.1, 0.15) is 5.82 Å².